The van der Waals surface area contributed by atoms with Gasteiger partial charge in [0, 0.05) is 5.92 Å². The second-order valence-electron chi connectivity index (χ2n) is 6.37. The SMILES string of the molecule is COC(=O)C(NS(=O)(=O)c1c(F)c(F)c(F)c(F)c1F)C1CCc2ccccc21. The lowest BCUT2D eigenvalue weighted by molar-refractivity contribution is -0.143. The zero-order chi connectivity index (χ0) is 21.5. The number of esters is 1. The molecule has 0 amide bonds. The van der Waals surface area contributed by atoms with Crippen LogP contribution in [0.5, 0.6) is 0 Å². The van der Waals surface area contributed by atoms with Crippen molar-refractivity contribution < 1.29 is 39.9 Å². The molecule has 0 spiro atoms. The van der Waals surface area contributed by atoms with E-state index in [4.69, 9.17) is 0 Å². The van der Waals surface area contributed by atoms with Crippen molar-refractivity contribution in [2.45, 2.75) is 29.7 Å². The molecule has 2 aromatic rings. The summed E-state index contributed by atoms with van der Waals surface area (Å²) in [7, 11) is -4.35. The number of carbonyl (C=O) groups excluding carboxylic acids is 1. The van der Waals surface area contributed by atoms with Gasteiger partial charge in [-0.05, 0) is 24.0 Å². The summed E-state index contributed by atoms with van der Waals surface area (Å²) < 4.78 is 99.5. The van der Waals surface area contributed by atoms with Crippen molar-refractivity contribution in [3.8, 4) is 0 Å². The standard InChI is InChI=1S/C18H14F5NO4S/c1-28-18(25)16(10-7-6-8-4-2-3-5-9(8)10)24-29(26,27)17-14(22)12(20)11(19)13(21)15(17)23/h2-5,10,16,24H,6-7H2,1H3. The number of sulfonamides is 1. The number of hydrogen-bond donors (Lipinski definition) is 1. The van der Waals surface area contributed by atoms with E-state index >= 15 is 0 Å². The zero-order valence-corrected chi connectivity index (χ0v) is 15.6. The maximum Gasteiger partial charge on any atom is 0.324 e. The first kappa shape index (κ1) is 21.2. The predicted molar refractivity (Wildman–Crippen MR) is 89.9 cm³/mol. The van der Waals surface area contributed by atoms with Crippen molar-refractivity contribution in [2.24, 2.45) is 0 Å². The van der Waals surface area contributed by atoms with Gasteiger partial charge < -0.3 is 4.74 Å². The Kier molecular flexibility index (Phi) is 5.63. The van der Waals surface area contributed by atoms with Crippen LogP contribution in [0, 0.1) is 29.1 Å². The third-order valence-corrected chi connectivity index (χ3v) is 6.22. The summed E-state index contributed by atoms with van der Waals surface area (Å²) in [6.45, 7) is 0. The summed E-state index contributed by atoms with van der Waals surface area (Å²) in [5.41, 5.74) is 1.45. The van der Waals surface area contributed by atoms with Gasteiger partial charge in [0.25, 0.3) is 0 Å². The number of methoxy groups -OCH3 is 1. The van der Waals surface area contributed by atoms with E-state index < -0.39 is 61.9 Å². The van der Waals surface area contributed by atoms with Gasteiger partial charge in [0.2, 0.25) is 15.8 Å². The van der Waals surface area contributed by atoms with Gasteiger partial charge in [0.05, 0.1) is 7.11 Å². The molecular formula is C18H14F5NO4S. The highest BCUT2D eigenvalue weighted by molar-refractivity contribution is 7.89. The highest BCUT2D eigenvalue weighted by atomic mass is 32.2. The molecule has 5 nitrogen and oxygen atoms in total. The van der Waals surface area contributed by atoms with Crippen LogP contribution in [-0.4, -0.2) is 27.5 Å². The molecule has 1 aliphatic rings. The molecule has 2 unspecified atom stereocenters. The third-order valence-electron chi connectivity index (χ3n) is 4.76. The van der Waals surface area contributed by atoms with E-state index in [-0.39, 0.29) is 0 Å². The summed E-state index contributed by atoms with van der Waals surface area (Å²) >= 11 is 0. The van der Waals surface area contributed by atoms with Gasteiger partial charge in [0.1, 0.15) is 6.04 Å². The minimum absolute atomic E-state index is 0.304. The molecule has 156 valence electrons. The fraction of sp³-hybridized carbons (Fsp3) is 0.278. The fourth-order valence-corrected chi connectivity index (χ4v) is 4.77. The molecule has 1 N–H and O–H groups in total. The number of nitrogens with one attached hydrogen (secondary N) is 1. The van der Waals surface area contributed by atoms with E-state index in [1.54, 1.807) is 29.0 Å². The summed E-state index contributed by atoms with van der Waals surface area (Å²) in [6.07, 6.45) is 0.803. The molecule has 0 aromatic heterocycles. The number of ether oxygens (including phenoxy) is 1. The van der Waals surface area contributed by atoms with Crippen molar-refractivity contribution in [1.29, 1.82) is 0 Å². The molecule has 1 aliphatic carbocycles. The van der Waals surface area contributed by atoms with E-state index in [1.165, 1.54) is 0 Å². The lowest BCUT2D eigenvalue weighted by Gasteiger charge is -2.23. The lowest BCUT2D eigenvalue weighted by Crippen LogP contribution is -2.45. The molecule has 2 atom stereocenters. The lowest BCUT2D eigenvalue weighted by atomic mass is 9.94. The molecule has 0 bridgehead atoms. The largest absolute Gasteiger partial charge is 0.468 e. The normalized spacial score (nSPS) is 17.1. The second-order valence-corrected chi connectivity index (χ2v) is 8.02. The van der Waals surface area contributed by atoms with Gasteiger partial charge in [-0.25, -0.2) is 30.4 Å². The molecule has 11 heteroatoms. The van der Waals surface area contributed by atoms with Gasteiger partial charge in [-0.1, -0.05) is 24.3 Å². The predicted octanol–water partition coefficient (Wildman–Crippen LogP) is 2.93. The molecule has 0 saturated heterocycles. The van der Waals surface area contributed by atoms with Crippen LogP contribution in [0.25, 0.3) is 0 Å². The van der Waals surface area contributed by atoms with Gasteiger partial charge in [-0.2, -0.15) is 4.72 Å². The van der Waals surface area contributed by atoms with E-state index in [1.807, 2.05) is 0 Å². The maximum atomic E-state index is 14.0. The Morgan fingerprint density at radius 3 is 2.17 bits per heavy atom. The first-order chi connectivity index (χ1) is 13.6. The van der Waals surface area contributed by atoms with Gasteiger partial charge in [0.15, 0.2) is 28.2 Å². The number of rotatable bonds is 5. The number of benzene rings is 2. The van der Waals surface area contributed by atoms with Crippen LogP contribution in [-0.2, 0) is 26.0 Å². The highest BCUT2D eigenvalue weighted by Crippen LogP contribution is 2.36. The zero-order valence-electron chi connectivity index (χ0n) is 14.8. The van der Waals surface area contributed by atoms with Crippen molar-refractivity contribution in [3.63, 3.8) is 0 Å². The Hall–Kier alpha value is -2.53. The van der Waals surface area contributed by atoms with Gasteiger partial charge in [-0.15, -0.1) is 0 Å². The Balaban J connectivity index is 2.07. The van der Waals surface area contributed by atoms with Crippen molar-refractivity contribution in [3.05, 3.63) is 64.5 Å². The Bertz CT molecular complexity index is 1060. The fourth-order valence-electron chi connectivity index (χ4n) is 3.40. The van der Waals surface area contributed by atoms with Crippen molar-refractivity contribution in [2.75, 3.05) is 7.11 Å². The molecule has 29 heavy (non-hydrogen) atoms. The number of fused-ring (bicyclic) bond motifs is 1. The summed E-state index contributed by atoms with van der Waals surface area (Å²) in [5.74, 6) is -14.2. The van der Waals surface area contributed by atoms with Crippen molar-refractivity contribution >= 4 is 16.0 Å². The Morgan fingerprint density at radius 2 is 1.59 bits per heavy atom. The third kappa shape index (κ3) is 3.60. The molecule has 2 aromatic carbocycles. The van der Waals surface area contributed by atoms with Crippen LogP contribution in [0.3, 0.4) is 0 Å². The van der Waals surface area contributed by atoms with Gasteiger partial charge >= 0.3 is 5.97 Å². The summed E-state index contributed by atoms with van der Waals surface area (Å²) in [6, 6.07) is 5.18. The molecule has 0 aliphatic heterocycles. The number of hydrogen-bond acceptors (Lipinski definition) is 4. The molecular weight excluding hydrogens is 421 g/mol. The van der Waals surface area contributed by atoms with Crippen LogP contribution >= 0.6 is 0 Å². The van der Waals surface area contributed by atoms with Crippen LogP contribution in [0.4, 0.5) is 22.0 Å². The summed E-state index contributed by atoms with van der Waals surface area (Å²) in [5, 5.41) is 0. The van der Waals surface area contributed by atoms with Crippen LogP contribution in [0.1, 0.15) is 23.5 Å². The number of halogens is 5. The number of carbonyl (C=O) groups is 1. The highest BCUT2D eigenvalue weighted by Gasteiger charge is 2.41. The van der Waals surface area contributed by atoms with E-state index in [0.29, 0.717) is 18.4 Å². The average molecular weight is 435 g/mol. The minimum atomic E-state index is -5.33. The van der Waals surface area contributed by atoms with Crippen LogP contribution in [0.15, 0.2) is 29.2 Å². The van der Waals surface area contributed by atoms with E-state index in [9.17, 15) is 35.2 Å². The van der Waals surface area contributed by atoms with E-state index in [2.05, 4.69) is 4.74 Å². The van der Waals surface area contributed by atoms with Crippen molar-refractivity contribution in [1.82, 2.24) is 4.72 Å². The van der Waals surface area contributed by atoms with Crippen LogP contribution in [0.2, 0.25) is 0 Å². The van der Waals surface area contributed by atoms with E-state index in [0.717, 1.165) is 12.7 Å². The maximum absolute atomic E-state index is 14.0. The smallest absolute Gasteiger partial charge is 0.324 e. The first-order valence-corrected chi connectivity index (χ1v) is 9.77. The number of aryl methyl sites for hydroxylation is 1. The molecule has 0 fully saturated rings. The molecule has 0 radical (unpaired) electrons. The topological polar surface area (TPSA) is 72.5 Å². The Morgan fingerprint density at radius 1 is 1.03 bits per heavy atom. The minimum Gasteiger partial charge on any atom is -0.468 e. The molecule has 0 heterocycles. The quantitative estimate of drug-likeness (QED) is 0.339. The Labute approximate surface area is 162 Å². The monoisotopic (exact) mass is 435 g/mol. The second kappa shape index (κ2) is 7.71. The van der Waals surface area contributed by atoms with Crippen LogP contribution < -0.4 is 4.72 Å². The first-order valence-electron chi connectivity index (χ1n) is 8.29. The average Bonchev–Trinajstić information content (AvgIpc) is 3.12. The molecule has 0 saturated carbocycles. The molecule has 3 rings (SSSR count). The van der Waals surface area contributed by atoms with Gasteiger partial charge in [-0.3, -0.25) is 4.79 Å². The summed E-state index contributed by atoms with van der Waals surface area (Å²) in [4.78, 5) is 10.2.